The minimum atomic E-state index is 0. The van der Waals surface area contributed by atoms with Crippen molar-refractivity contribution in [3.05, 3.63) is 23.8 Å². The Morgan fingerprint density at radius 2 is 1.87 bits per heavy atom. The van der Waals surface area contributed by atoms with E-state index in [-0.39, 0.29) is 28.7 Å². The number of nitrogens with zero attached hydrogens (tertiary/aromatic N) is 3. The number of halogens is 1. The van der Waals surface area contributed by atoms with Gasteiger partial charge in [0.2, 0.25) is 0 Å². The average Bonchev–Trinajstić information content (AvgIpc) is 2.81. The van der Waals surface area contributed by atoms with E-state index in [9.17, 15) is 0 Å². The first-order valence-electron chi connectivity index (χ1n) is 10.6. The lowest BCUT2D eigenvalue weighted by atomic mass is 9.99. The first kappa shape index (κ1) is 26.3. The van der Waals surface area contributed by atoms with Crippen molar-refractivity contribution in [2.75, 3.05) is 73.5 Å². The van der Waals surface area contributed by atoms with E-state index in [2.05, 4.69) is 32.4 Å². The lowest BCUT2D eigenvalue weighted by molar-refractivity contribution is 0.0779. The number of hydrogen-bond acceptors (Lipinski definition) is 6. The molecule has 0 bridgehead atoms. The summed E-state index contributed by atoms with van der Waals surface area (Å²) in [6, 6.07) is 5.99. The van der Waals surface area contributed by atoms with Gasteiger partial charge in [-0.15, -0.1) is 24.0 Å². The minimum absolute atomic E-state index is 0. The van der Waals surface area contributed by atoms with Crippen LogP contribution in [0.2, 0.25) is 0 Å². The Balaban J connectivity index is 0.00000341. The molecule has 0 aromatic heterocycles. The minimum Gasteiger partial charge on any atom is -0.497 e. The largest absolute Gasteiger partial charge is 0.497 e. The van der Waals surface area contributed by atoms with Crippen LogP contribution < -0.4 is 14.8 Å². The van der Waals surface area contributed by atoms with Crippen molar-refractivity contribution in [1.82, 2.24) is 15.1 Å². The van der Waals surface area contributed by atoms with Gasteiger partial charge in [-0.3, -0.25) is 9.89 Å². The van der Waals surface area contributed by atoms with Crippen LogP contribution in [0.1, 0.15) is 18.4 Å². The van der Waals surface area contributed by atoms with Crippen molar-refractivity contribution >= 4 is 41.7 Å². The van der Waals surface area contributed by atoms with Crippen molar-refractivity contribution in [3.8, 4) is 11.5 Å². The van der Waals surface area contributed by atoms with Gasteiger partial charge in [0, 0.05) is 69.8 Å². The van der Waals surface area contributed by atoms with Gasteiger partial charge < -0.3 is 24.4 Å². The van der Waals surface area contributed by atoms with E-state index in [1.807, 2.05) is 30.9 Å². The van der Waals surface area contributed by atoms with E-state index in [1.54, 1.807) is 14.2 Å². The average molecular weight is 565 g/mol. The van der Waals surface area contributed by atoms with Gasteiger partial charge in [0.1, 0.15) is 11.5 Å². The number of nitrogens with one attached hydrogen (secondary N) is 1. The molecule has 3 rings (SSSR count). The maximum absolute atomic E-state index is 5.56. The van der Waals surface area contributed by atoms with Gasteiger partial charge in [0.05, 0.1) is 14.2 Å². The molecule has 0 spiro atoms. The molecule has 2 aliphatic heterocycles. The van der Waals surface area contributed by atoms with Crippen molar-refractivity contribution in [3.63, 3.8) is 0 Å². The molecule has 0 amide bonds. The number of rotatable bonds is 7. The molecule has 0 unspecified atom stereocenters. The Hall–Kier alpha value is -0.910. The molecule has 9 heteroatoms. The van der Waals surface area contributed by atoms with Gasteiger partial charge in [-0.25, -0.2) is 0 Å². The molecule has 2 aliphatic rings. The van der Waals surface area contributed by atoms with Crippen LogP contribution in [0.4, 0.5) is 0 Å². The summed E-state index contributed by atoms with van der Waals surface area (Å²) in [5, 5.41) is 3.64. The number of thioether (sulfide) groups is 1. The van der Waals surface area contributed by atoms with Gasteiger partial charge in [-0.1, -0.05) is 0 Å². The molecule has 0 atom stereocenters. The third-order valence-corrected chi connectivity index (χ3v) is 7.59. The van der Waals surface area contributed by atoms with E-state index < -0.39 is 0 Å². The number of hydrogen-bond donors (Lipinski definition) is 1. The lowest BCUT2D eigenvalue weighted by Crippen LogP contribution is -2.54. The summed E-state index contributed by atoms with van der Waals surface area (Å²) in [7, 11) is 5.30. The molecule has 2 saturated heterocycles. The number of benzene rings is 1. The fourth-order valence-corrected chi connectivity index (χ4v) is 4.92. The summed E-state index contributed by atoms with van der Waals surface area (Å²) in [6.45, 7) is 7.40. The summed E-state index contributed by atoms with van der Waals surface area (Å²) in [5.74, 6) is 2.79. The Kier molecular flexibility index (Phi) is 11.0. The molecule has 0 radical (unpaired) electrons. The topological polar surface area (TPSA) is 58.6 Å². The zero-order chi connectivity index (χ0) is 21.4. The standard InChI is InChI=1S/C22H36N4O3S.HI/c1-23-21(24-17-22(30-4)7-13-29-14-8-22)26-11-9-25(10-12-26)16-18-15-19(27-2)5-6-20(18)28-3;/h5-6,15H,7-14,16-17H2,1-4H3,(H,23,24);1H. The molecule has 1 aromatic rings. The SMILES string of the molecule is CN=C(NCC1(SC)CCOCC1)N1CCN(Cc2cc(OC)ccc2OC)CC1.I. The normalized spacial score (nSPS) is 19.5. The number of guanidine groups is 1. The fraction of sp³-hybridized carbons (Fsp3) is 0.682. The highest BCUT2D eigenvalue weighted by Gasteiger charge is 2.32. The quantitative estimate of drug-likeness (QED) is 0.311. The number of ether oxygens (including phenoxy) is 3. The fourth-order valence-electron chi connectivity index (χ4n) is 4.13. The van der Waals surface area contributed by atoms with E-state index in [0.29, 0.717) is 0 Å². The summed E-state index contributed by atoms with van der Waals surface area (Å²) in [4.78, 5) is 9.39. The highest BCUT2D eigenvalue weighted by Crippen LogP contribution is 2.33. The van der Waals surface area contributed by atoms with Crippen molar-refractivity contribution in [2.45, 2.75) is 24.1 Å². The maximum atomic E-state index is 5.56. The summed E-state index contributed by atoms with van der Waals surface area (Å²) < 4.78 is 16.7. The van der Waals surface area contributed by atoms with Crippen molar-refractivity contribution in [2.24, 2.45) is 4.99 Å². The highest BCUT2D eigenvalue weighted by molar-refractivity contribution is 14.0. The summed E-state index contributed by atoms with van der Waals surface area (Å²) in [5.41, 5.74) is 1.16. The number of piperazine rings is 1. The molecule has 31 heavy (non-hydrogen) atoms. The molecule has 2 fully saturated rings. The van der Waals surface area contributed by atoms with Crippen molar-refractivity contribution < 1.29 is 14.2 Å². The second kappa shape index (κ2) is 13.0. The summed E-state index contributed by atoms with van der Waals surface area (Å²) >= 11 is 1.95. The van der Waals surface area contributed by atoms with Crippen LogP contribution in [-0.2, 0) is 11.3 Å². The van der Waals surface area contributed by atoms with Crippen LogP contribution in [-0.4, -0.2) is 94.0 Å². The van der Waals surface area contributed by atoms with Gasteiger partial charge in [0.25, 0.3) is 0 Å². The lowest BCUT2D eigenvalue weighted by Gasteiger charge is -2.39. The predicted molar refractivity (Wildman–Crippen MR) is 139 cm³/mol. The zero-order valence-corrected chi connectivity index (χ0v) is 22.3. The Bertz CT molecular complexity index is 708. The zero-order valence-electron chi connectivity index (χ0n) is 19.2. The molecular weight excluding hydrogens is 527 g/mol. The Morgan fingerprint density at radius 3 is 2.45 bits per heavy atom. The van der Waals surface area contributed by atoms with Gasteiger partial charge >= 0.3 is 0 Å². The third-order valence-electron chi connectivity index (χ3n) is 6.17. The molecular formula is C22H37IN4O3S. The first-order chi connectivity index (χ1) is 14.6. The van der Waals surface area contributed by atoms with Crippen LogP contribution in [0.15, 0.2) is 23.2 Å². The predicted octanol–water partition coefficient (Wildman–Crippen LogP) is 2.93. The second-order valence-corrected chi connectivity index (χ2v) is 9.12. The van der Waals surface area contributed by atoms with Crippen LogP contribution >= 0.6 is 35.7 Å². The van der Waals surface area contributed by atoms with E-state index >= 15 is 0 Å². The maximum Gasteiger partial charge on any atom is 0.193 e. The van der Waals surface area contributed by atoms with Gasteiger partial charge in [-0.05, 0) is 37.3 Å². The summed E-state index contributed by atoms with van der Waals surface area (Å²) in [6.07, 6.45) is 4.39. The van der Waals surface area contributed by atoms with Crippen molar-refractivity contribution in [1.29, 1.82) is 0 Å². The molecule has 0 saturated carbocycles. The Morgan fingerprint density at radius 1 is 1.16 bits per heavy atom. The van der Waals surface area contributed by atoms with Gasteiger partial charge in [-0.2, -0.15) is 11.8 Å². The highest BCUT2D eigenvalue weighted by atomic mass is 127. The molecule has 0 aliphatic carbocycles. The number of methoxy groups -OCH3 is 2. The molecule has 7 nitrogen and oxygen atoms in total. The van der Waals surface area contributed by atoms with E-state index in [4.69, 9.17) is 14.2 Å². The number of aliphatic imine (C=N–C) groups is 1. The van der Waals surface area contributed by atoms with Crippen LogP contribution in [0.5, 0.6) is 11.5 Å². The monoisotopic (exact) mass is 564 g/mol. The first-order valence-corrected chi connectivity index (χ1v) is 11.9. The van der Waals surface area contributed by atoms with E-state index in [0.717, 1.165) is 88.3 Å². The Labute approximate surface area is 208 Å². The van der Waals surface area contributed by atoms with Gasteiger partial charge in [0.15, 0.2) is 5.96 Å². The second-order valence-electron chi connectivity index (χ2n) is 7.84. The van der Waals surface area contributed by atoms with E-state index in [1.165, 1.54) is 0 Å². The molecule has 1 aromatic carbocycles. The third kappa shape index (κ3) is 7.03. The smallest absolute Gasteiger partial charge is 0.193 e. The molecule has 176 valence electrons. The van der Waals surface area contributed by atoms with Crippen LogP contribution in [0, 0.1) is 0 Å². The van der Waals surface area contributed by atoms with Crippen LogP contribution in [0.3, 0.4) is 0 Å². The van der Waals surface area contributed by atoms with Crippen LogP contribution in [0.25, 0.3) is 0 Å². The molecule has 2 heterocycles. The molecule has 1 N–H and O–H groups in total.